The molecule has 7 aromatic carbocycles. The maximum Gasteiger partial charge on any atom is 0.344 e. The van der Waals surface area contributed by atoms with Crippen LogP contribution in [0.2, 0.25) is 0 Å². The number of carbonyl (C=O) groups is 10. The van der Waals surface area contributed by atoms with E-state index in [4.69, 9.17) is 85.3 Å². The van der Waals surface area contributed by atoms with Gasteiger partial charge in [0.25, 0.3) is 0 Å². The van der Waals surface area contributed by atoms with Crippen molar-refractivity contribution in [3.05, 3.63) is 209 Å². The predicted octanol–water partition coefficient (Wildman–Crippen LogP) is 9.85. The summed E-state index contributed by atoms with van der Waals surface area (Å²) in [5, 5.41) is 0. The summed E-state index contributed by atoms with van der Waals surface area (Å²) in [4.78, 5) is 134. The zero-order valence-corrected chi connectivity index (χ0v) is 58.3. The zero-order chi connectivity index (χ0) is 75.1. The van der Waals surface area contributed by atoms with E-state index in [-0.39, 0.29) is 61.8 Å². The summed E-state index contributed by atoms with van der Waals surface area (Å²) in [5.74, 6) is -12.6. The number of benzene rings is 7. The van der Waals surface area contributed by atoms with Gasteiger partial charge in [-0.2, -0.15) is 0 Å². The van der Waals surface area contributed by atoms with Gasteiger partial charge in [0.05, 0.1) is 5.56 Å². The molecule has 105 heavy (non-hydrogen) atoms. The number of rotatable bonds is 31. The summed E-state index contributed by atoms with van der Waals surface area (Å²) in [7, 11) is 0. The number of hydrogen-bond acceptors (Lipinski definition) is 28. The van der Waals surface area contributed by atoms with Crippen LogP contribution in [0.25, 0.3) is 0 Å². The van der Waals surface area contributed by atoms with Crippen LogP contribution in [0.1, 0.15) is 104 Å². The van der Waals surface area contributed by atoms with E-state index >= 15 is 9.59 Å². The molecule has 7 aromatic rings. The lowest BCUT2D eigenvalue weighted by atomic mass is 9.98. The number of esters is 10. The molecular formula is C77H76O28. The minimum absolute atomic E-state index is 0.182. The van der Waals surface area contributed by atoms with Crippen molar-refractivity contribution in [3.8, 4) is 40.2 Å². The molecule has 552 valence electrons. The first-order chi connectivity index (χ1) is 50.5. The average Bonchev–Trinajstić information content (AvgIpc) is 0.772. The molecule has 10 atom stereocenters. The van der Waals surface area contributed by atoms with Gasteiger partial charge in [0.15, 0.2) is 47.4 Å². The van der Waals surface area contributed by atoms with Gasteiger partial charge in [-0.05, 0) is 39.9 Å². The molecule has 0 radical (unpaired) electrons. The van der Waals surface area contributed by atoms with E-state index in [0.29, 0.717) is 27.8 Å². The van der Waals surface area contributed by atoms with Gasteiger partial charge in [-0.3, -0.25) is 38.4 Å². The summed E-state index contributed by atoms with van der Waals surface area (Å²) in [5.41, 5.74) is 1.95. The van der Waals surface area contributed by atoms with E-state index < -0.39 is 157 Å². The summed E-state index contributed by atoms with van der Waals surface area (Å²) >= 11 is 0. The van der Waals surface area contributed by atoms with E-state index in [0.717, 1.165) is 61.5 Å². The van der Waals surface area contributed by atoms with Crippen molar-refractivity contribution in [2.75, 3.05) is 13.2 Å². The molecule has 9 rings (SSSR count). The minimum Gasteiger partial charge on any atom is -0.485 e. The first-order valence-corrected chi connectivity index (χ1v) is 32.9. The fourth-order valence-electron chi connectivity index (χ4n) is 10.9. The molecule has 0 amide bonds. The normalized spacial score (nSPS) is 19.4. The summed E-state index contributed by atoms with van der Waals surface area (Å²) in [6.07, 6.45) is -18.2. The number of ether oxygens (including phenoxy) is 18. The van der Waals surface area contributed by atoms with Crippen molar-refractivity contribution >= 4 is 59.7 Å². The molecule has 28 nitrogen and oxygen atoms in total. The van der Waals surface area contributed by atoms with Gasteiger partial charge in [-0.15, -0.1) is 0 Å². The smallest absolute Gasteiger partial charge is 0.344 e. The van der Waals surface area contributed by atoms with E-state index in [1.807, 2.05) is 0 Å². The Morgan fingerprint density at radius 3 is 0.962 bits per heavy atom. The van der Waals surface area contributed by atoms with Crippen LogP contribution in [0.15, 0.2) is 170 Å². The molecule has 0 N–H and O–H groups in total. The van der Waals surface area contributed by atoms with Crippen molar-refractivity contribution < 1.29 is 133 Å². The standard InChI is InChI=1S/C77H76O28/c1-44(78)88-42-62-67(95-46(3)80)70(97-48(5)82)72(99-50(7)84)76(102-62)104-74(86)57-34-59(90-37-52-24-14-9-15-25-52)65(92-39-54-28-18-11-19-29-54)61(35-57)101-64-58(75(87)105-77-73(100-51(8)85)71(98-49(6)83)68(96-47(4)81)63(103-77)43-89-45(2)79)36-60(91-38-53-26-16-10-17-27-53)66(93-40-55-30-20-12-21-31-55)69(64)94-41-56-32-22-13-23-33-56/h9-36,62-63,67-68,70-73,76-77H,37-43H2,1-8H3/t62-,63-,67-,68-,70+,71+,72-,73-,76+,77+/m1/s1. The zero-order valence-electron chi connectivity index (χ0n) is 58.3. The maximum absolute atomic E-state index is 16.2. The molecule has 2 aliphatic rings. The first kappa shape index (κ1) is 77.1. The molecule has 0 spiro atoms. The lowest BCUT2D eigenvalue weighted by Gasteiger charge is -2.43. The second-order valence-electron chi connectivity index (χ2n) is 23.6. The van der Waals surface area contributed by atoms with Crippen LogP contribution < -0.4 is 28.4 Å². The highest BCUT2D eigenvalue weighted by molar-refractivity contribution is 5.96. The van der Waals surface area contributed by atoms with Crippen LogP contribution in [0.5, 0.6) is 40.2 Å². The Balaban J connectivity index is 1.31. The minimum atomic E-state index is -2.15. The highest BCUT2D eigenvalue weighted by atomic mass is 16.8. The van der Waals surface area contributed by atoms with E-state index in [1.165, 1.54) is 12.1 Å². The fraction of sp³-hybridized carbons (Fsp3) is 0.325. The van der Waals surface area contributed by atoms with Gasteiger partial charge in [-0.25, -0.2) is 9.59 Å². The van der Waals surface area contributed by atoms with Crippen LogP contribution in [0.3, 0.4) is 0 Å². The monoisotopic (exact) mass is 1450 g/mol. The van der Waals surface area contributed by atoms with Crippen molar-refractivity contribution in [2.45, 2.75) is 150 Å². The van der Waals surface area contributed by atoms with Crippen LogP contribution in [0, 0.1) is 0 Å². The first-order valence-electron chi connectivity index (χ1n) is 32.9. The van der Waals surface area contributed by atoms with Crippen LogP contribution in [0.4, 0.5) is 0 Å². The van der Waals surface area contributed by atoms with Gasteiger partial charge >= 0.3 is 59.7 Å². The highest BCUT2D eigenvalue weighted by Gasteiger charge is 2.56. The molecule has 2 saturated heterocycles. The molecule has 0 aliphatic carbocycles. The van der Waals surface area contributed by atoms with Gasteiger partial charge in [0, 0.05) is 61.5 Å². The van der Waals surface area contributed by atoms with Crippen LogP contribution in [-0.2, 0) is 128 Å². The summed E-state index contributed by atoms with van der Waals surface area (Å²) < 4.78 is 110. The van der Waals surface area contributed by atoms with Gasteiger partial charge in [-0.1, -0.05) is 152 Å². The topological polar surface area (TPSA) is 337 Å². The molecule has 0 aromatic heterocycles. The second kappa shape index (κ2) is 37.2. The predicted molar refractivity (Wildman–Crippen MR) is 362 cm³/mol. The van der Waals surface area contributed by atoms with E-state index in [9.17, 15) is 38.4 Å². The van der Waals surface area contributed by atoms with Crippen molar-refractivity contribution in [3.63, 3.8) is 0 Å². The van der Waals surface area contributed by atoms with Crippen molar-refractivity contribution in [1.82, 2.24) is 0 Å². The lowest BCUT2D eigenvalue weighted by Crippen LogP contribution is -2.63. The Morgan fingerprint density at radius 2 is 0.600 bits per heavy atom. The average molecular weight is 1450 g/mol. The third-order valence-corrected chi connectivity index (χ3v) is 15.3. The maximum atomic E-state index is 16.2. The van der Waals surface area contributed by atoms with Crippen LogP contribution in [-0.4, -0.2) is 134 Å². The molecular weight excluding hydrogens is 1370 g/mol. The largest absolute Gasteiger partial charge is 0.485 e. The van der Waals surface area contributed by atoms with Crippen molar-refractivity contribution in [2.24, 2.45) is 0 Å². The third kappa shape index (κ3) is 22.2. The SMILES string of the molecule is CC(=O)OC[C@H]1O[C@@H](OC(=O)c2cc(OCc3ccccc3)c(OCc3ccccc3)c(Oc3c(C(=O)O[C@@H]4O[C@H](COC(C)=O)[C@@H](OC(C)=O)[C@H](OC(C)=O)[C@H]4OC(C)=O)cc(OCc4ccccc4)c(OCc4ccccc4)c3OCc3ccccc3)c2)[C@H](OC(C)=O)[C@@H](OC(C)=O)[C@@H]1OC(C)=O. The Labute approximate surface area is 602 Å². The summed E-state index contributed by atoms with van der Waals surface area (Å²) in [6.45, 7) is 5.69. The van der Waals surface area contributed by atoms with Gasteiger partial charge in [0.1, 0.15) is 64.0 Å². The second-order valence-corrected chi connectivity index (χ2v) is 23.6. The Morgan fingerprint density at radius 1 is 0.295 bits per heavy atom. The van der Waals surface area contributed by atoms with Crippen molar-refractivity contribution in [1.29, 1.82) is 0 Å². The molecule has 2 fully saturated rings. The van der Waals surface area contributed by atoms with Gasteiger partial charge < -0.3 is 85.3 Å². The quantitative estimate of drug-likeness (QED) is 0.0288. The Kier molecular flexibility index (Phi) is 27.3. The highest BCUT2D eigenvalue weighted by Crippen LogP contribution is 2.53. The molecule has 2 aliphatic heterocycles. The molecule has 0 bridgehead atoms. The molecule has 0 unspecified atom stereocenters. The number of hydrogen-bond donors (Lipinski definition) is 0. The van der Waals surface area contributed by atoms with E-state index in [2.05, 4.69) is 0 Å². The third-order valence-electron chi connectivity index (χ3n) is 15.3. The summed E-state index contributed by atoms with van der Waals surface area (Å²) in [6, 6.07) is 47.7. The lowest BCUT2D eigenvalue weighted by molar-refractivity contribution is -0.294. The fourth-order valence-corrected chi connectivity index (χ4v) is 10.9. The van der Waals surface area contributed by atoms with E-state index in [1.54, 1.807) is 152 Å². The Bertz CT molecular complexity index is 4170. The molecule has 0 saturated carbocycles. The Hall–Kier alpha value is -12.0. The molecule has 2 heterocycles. The molecule has 28 heteroatoms. The van der Waals surface area contributed by atoms with Gasteiger partial charge in [0.2, 0.25) is 42.0 Å². The number of carbonyl (C=O) groups excluding carboxylic acids is 10. The van der Waals surface area contributed by atoms with Crippen LogP contribution >= 0.6 is 0 Å².